The average Bonchev–Trinajstić information content (AvgIpc) is 2.85. The Morgan fingerprint density at radius 1 is 1.26 bits per heavy atom. The largest absolute Gasteiger partial charge is 0.339 e. The molecule has 2 aromatic rings. The highest BCUT2D eigenvalue weighted by Gasteiger charge is 2.15. The van der Waals surface area contributed by atoms with Crippen LogP contribution < -0.4 is 4.72 Å². The molecule has 102 valence electrons. The summed E-state index contributed by atoms with van der Waals surface area (Å²) in [6, 6.07) is 6.62. The van der Waals surface area contributed by atoms with Gasteiger partial charge in [-0.15, -0.1) is 0 Å². The van der Waals surface area contributed by atoms with Gasteiger partial charge in [-0.1, -0.05) is 29.8 Å². The van der Waals surface area contributed by atoms with Crippen LogP contribution in [0.4, 0.5) is 0 Å². The molecule has 0 aliphatic rings. The van der Waals surface area contributed by atoms with Crippen LogP contribution in [-0.4, -0.2) is 18.6 Å². The maximum atomic E-state index is 12.0. The first kappa shape index (κ1) is 13.7. The van der Waals surface area contributed by atoms with E-state index in [-0.39, 0.29) is 11.4 Å². The van der Waals surface area contributed by atoms with E-state index in [1.807, 2.05) is 13.8 Å². The summed E-state index contributed by atoms with van der Waals surface area (Å²) in [5.41, 5.74) is 1.00. The molecular formula is C12H15N3O3S. The highest BCUT2D eigenvalue weighted by atomic mass is 32.2. The molecule has 0 saturated carbocycles. The Hall–Kier alpha value is -1.73. The highest BCUT2D eigenvalue weighted by Crippen LogP contribution is 2.10. The number of nitrogens with zero attached hydrogens (tertiary/aromatic N) is 2. The lowest BCUT2D eigenvalue weighted by atomic mass is 10.2. The fourth-order valence-corrected chi connectivity index (χ4v) is 2.45. The summed E-state index contributed by atoms with van der Waals surface area (Å²) in [4.78, 5) is 4.25. The van der Waals surface area contributed by atoms with Crippen LogP contribution in [0.15, 0.2) is 33.7 Å². The Bertz CT molecular complexity index is 647. The molecule has 7 heteroatoms. The first-order valence-electron chi connectivity index (χ1n) is 5.89. The Morgan fingerprint density at radius 3 is 2.53 bits per heavy atom. The van der Waals surface area contributed by atoms with Gasteiger partial charge in [0.25, 0.3) is 0 Å². The number of aromatic nitrogens is 2. The van der Waals surface area contributed by atoms with Gasteiger partial charge in [-0.2, -0.15) is 4.98 Å². The zero-order chi connectivity index (χ0) is 13.9. The summed E-state index contributed by atoms with van der Waals surface area (Å²) < 4.78 is 31.3. The normalized spacial score (nSPS) is 11.7. The number of rotatable bonds is 5. The minimum Gasteiger partial charge on any atom is -0.339 e. The molecule has 0 bridgehead atoms. The molecule has 0 radical (unpaired) electrons. The second-order valence-corrected chi connectivity index (χ2v) is 5.86. The minimum absolute atomic E-state index is 0.0136. The predicted molar refractivity (Wildman–Crippen MR) is 68.9 cm³/mol. The Balaban J connectivity index is 2.07. The predicted octanol–water partition coefficient (Wildman–Crippen LogP) is 1.42. The highest BCUT2D eigenvalue weighted by molar-refractivity contribution is 7.89. The van der Waals surface area contributed by atoms with E-state index in [1.165, 1.54) is 0 Å². The molecule has 6 nitrogen and oxygen atoms in total. The van der Waals surface area contributed by atoms with E-state index >= 15 is 0 Å². The molecule has 1 N–H and O–H groups in total. The van der Waals surface area contributed by atoms with E-state index in [0.717, 1.165) is 5.56 Å². The lowest BCUT2D eigenvalue weighted by Crippen LogP contribution is -2.23. The van der Waals surface area contributed by atoms with Crippen molar-refractivity contribution in [1.82, 2.24) is 14.9 Å². The van der Waals surface area contributed by atoms with Crippen LogP contribution in [0, 0.1) is 6.92 Å². The molecule has 1 aromatic heterocycles. The Labute approximate surface area is 111 Å². The monoisotopic (exact) mass is 281 g/mol. The fourth-order valence-electron chi connectivity index (χ4n) is 1.47. The van der Waals surface area contributed by atoms with Crippen LogP contribution in [0.5, 0.6) is 0 Å². The summed E-state index contributed by atoms with van der Waals surface area (Å²) in [5.74, 6) is 0.817. The van der Waals surface area contributed by atoms with Crippen molar-refractivity contribution in [3.63, 3.8) is 0 Å². The molecular weight excluding hydrogens is 266 g/mol. The number of aryl methyl sites for hydroxylation is 2. The summed E-state index contributed by atoms with van der Waals surface area (Å²) in [7, 11) is -3.54. The topological polar surface area (TPSA) is 85.1 Å². The number of hydrogen-bond donors (Lipinski definition) is 1. The van der Waals surface area contributed by atoms with Crippen LogP contribution >= 0.6 is 0 Å². The van der Waals surface area contributed by atoms with Gasteiger partial charge >= 0.3 is 0 Å². The van der Waals surface area contributed by atoms with Gasteiger partial charge in [0.05, 0.1) is 11.4 Å². The van der Waals surface area contributed by atoms with Gasteiger partial charge < -0.3 is 4.52 Å². The summed E-state index contributed by atoms with van der Waals surface area (Å²) in [6.07, 6.45) is 0.623. The molecule has 0 fully saturated rings. The molecule has 0 aliphatic heterocycles. The van der Waals surface area contributed by atoms with E-state index in [1.54, 1.807) is 24.3 Å². The van der Waals surface area contributed by atoms with Gasteiger partial charge in [0.2, 0.25) is 15.9 Å². The molecule has 1 heterocycles. The van der Waals surface area contributed by atoms with Gasteiger partial charge in [-0.3, -0.25) is 0 Å². The minimum atomic E-state index is -3.54. The Morgan fingerprint density at radius 2 is 1.95 bits per heavy atom. The SMILES string of the molecule is CCc1nc(CNS(=O)(=O)c2ccc(C)cc2)no1. The average molecular weight is 281 g/mol. The third kappa shape index (κ3) is 3.39. The lowest BCUT2D eigenvalue weighted by molar-refractivity contribution is 0.376. The van der Waals surface area contributed by atoms with Crippen LogP contribution in [0.1, 0.15) is 24.2 Å². The Kier molecular flexibility index (Phi) is 3.96. The second-order valence-electron chi connectivity index (χ2n) is 4.10. The molecule has 0 spiro atoms. The standard InChI is InChI=1S/C12H15N3O3S/c1-3-12-14-11(15-18-12)8-13-19(16,17)10-6-4-9(2)5-7-10/h4-7,13H,3,8H2,1-2H3. The number of nitrogens with one attached hydrogen (secondary N) is 1. The van der Waals surface area contributed by atoms with Gasteiger partial charge in [0, 0.05) is 6.42 Å². The van der Waals surface area contributed by atoms with E-state index in [2.05, 4.69) is 14.9 Å². The molecule has 19 heavy (non-hydrogen) atoms. The zero-order valence-corrected chi connectivity index (χ0v) is 11.6. The van der Waals surface area contributed by atoms with Crippen LogP contribution in [0.25, 0.3) is 0 Å². The van der Waals surface area contributed by atoms with Crippen molar-refractivity contribution in [2.24, 2.45) is 0 Å². The van der Waals surface area contributed by atoms with Crippen molar-refractivity contribution in [1.29, 1.82) is 0 Å². The van der Waals surface area contributed by atoms with Gasteiger partial charge in [-0.05, 0) is 19.1 Å². The second kappa shape index (κ2) is 5.50. The third-order valence-electron chi connectivity index (χ3n) is 2.56. The van der Waals surface area contributed by atoms with Crippen molar-refractivity contribution >= 4 is 10.0 Å². The van der Waals surface area contributed by atoms with E-state index in [4.69, 9.17) is 4.52 Å². The number of sulfonamides is 1. The molecule has 2 rings (SSSR count). The van der Waals surface area contributed by atoms with Gasteiger partial charge in [-0.25, -0.2) is 13.1 Å². The summed E-state index contributed by atoms with van der Waals surface area (Å²) >= 11 is 0. The van der Waals surface area contributed by atoms with Gasteiger partial charge in [0.15, 0.2) is 5.82 Å². The van der Waals surface area contributed by atoms with Crippen molar-refractivity contribution in [3.05, 3.63) is 41.5 Å². The van der Waals surface area contributed by atoms with Crippen LogP contribution in [-0.2, 0) is 23.0 Å². The molecule has 0 saturated heterocycles. The zero-order valence-electron chi connectivity index (χ0n) is 10.8. The van der Waals surface area contributed by atoms with Crippen molar-refractivity contribution in [2.45, 2.75) is 31.7 Å². The van der Waals surface area contributed by atoms with E-state index in [9.17, 15) is 8.42 Å². The smallest absolute Gasteiger partial charge is 0.240 e. The quantitative estimate of drug-likeness (QED) is 0.895. The maximum Gasteiger partial charge on any atom is 0.240 e. The molecule has 1 aromatic carbocycles. The molecule has 0 amide bonds. The van der Waals surface area contributed by atoms with E-state index < -0.39 is 10.0 Å². The first-order chi connectivity index (χ1) is 9.01. The maximum absolute atomic E-state index is 12.0. The van der Waals surface area contributed by atoms with Crippen molar-refractivity contribution in [2.75, 3.05) is 0 Å². The summed E-state index contributed by atoms with van der Waals surface area (Å²) in [5, 5.41) is 3.68. The number of hydrogen-bond acceptors (Lipinski definition) is 5. The number of benzene rings is 1. The molecule has 0 aliphatic carbocycles. The van der Waals surface area contributed by atoms with E-state index in [0.29, 0.717) is 18.1 Å². The third-order valence-corrected chi connectivity index (χ3v) is 3.98. The lowest BCUT2D eigenvalue weighted by Gasteiger charge is -2.04. The van der Waals surface area contributed by atoms with Crippen LogP contribution in [0.3, 0.4) is 0 Å². The van der Waals surface area contributed by atoms with Gasteiger partial charge in [0.1, 0.15) is 0 Å². The van der Waals surface area contributed by atoms with Crippen molar-refractivity contribution < 1.29 is 12.9 Å². The summed E-state index contributed by atoms with van der Waals surface area (Å²) in [6.45, 7) is 3.79. The van der Waals surface area contributed by atoms with Crippen LogP contribution in [0.2, 0.25) is 0 Å². The fraction of sp³-hybridized carbons (Fsp3) is 0.333. The molecule has 0 atom stereocenters. The van der Waals surface area contributed by atoms with Crippen molar-refractivity contribution in [3.8, 4) is 0 Å². The molecule has 0 unspecified atom stereocenters. The first-order valence-corrected chi connectivity index (χ1v) is 7.37.